The van der Waals surface area contributed by atoms with Gasteiger partial charge in [-0.3, -0.25) is 0 Å². The highest BCUT2D eigenvalue weighted by Gasteiger charge is 2.37. The minimum Gasteiger partial charge on any atom is -0.463 e. The predicted octanol–water partition coefficient (Wildman–Crippen LogP) is 4.95. The van der Waals surface area contributed by atoms with Gasteiger partial charge in [-0.05, 0) is 49.1 Å². The zero-order valence-electron chi connectivity index (χ0n) is 15.2. The van der Waals surface area contributed by atoms with Gasteiger partial charge in [-0.1, -0.05) is 55.3 Å². The Morgan fingerprint density at radius 2 is 1.96 bits per heavy atom. The van der Waals surface area contributed by atoms with Gasteiger partial charge in [0.25, 0.3) is 0 Å². The second kappa shape index (κ2) is 8.03. The van der Waals surface area contributed by atoms with Crippen LogP contribution in [0.4, 0.5) is 0 Å². The third-order valence-corrected chi connectivity index (χ3v) is 5.07. The normalized spacial score (nSPS) is 21.8. The Kier molecular flexibility index (Phi) is 6.26. The topological polar surface area (TPSA) is 46.5 Å². The number of allylic oxidation sites excluding steroid dienone is 2. The van der Waals surface area contributed by atoms with Crippen LogP contribution in [-0.2, 0) is 9.53 Å². The van der Waals surface area contributed by atoms with E-state index in [0.29, 0.717) is 23.6 Å². The van der Waals surface area contributed by atoms with Crippen LogP contribution in [0.5, 0.6) is 0 Å². The van der Waals surface area contributed by atoms with Crippen LogP contribution < -0.4 is 0 Å². The maximum atomic E-state index is 11.8. The number of esters is 1. The first-order valence-corrected chi connectivity index (χ1v) is 8.82. The molecule has 1 aromatic rings. The first kappa shape index (κ1) is 19.5. The molecule has 25 heavy (non-hydrogen) atoms. The Balaban J connectivity index is 2.33. The number of aliphatic hydroxyl groups excluding tert-OH is 1. The largest absolute Gasteiger partial charge is 0.463 e. The number of rotatable bonds is 4. The van der Waals surface area contributed by atoms with Crippen LogP contribution in [0.3, 0.4) is 0 Å². The quantitative estimate of drug-likeness (QED) is 0.610. The molecule has 0 radical (unpaired) electrons. The van der Waals surface area contributed by atoms with Gasteiger partial charge in [-0.15, -0.1) is 0 Å². The number of carbonyl (C=O) groups excluding carboxylic acids is 1. The van der Waals surface area contributed by atoms with Crippen molar-refractivity contribution >= 4 is 23.6 Å². The zero-order valence-corrected chi connectivity index (χ0v) is 15.9. The number of benzene rings is 1. The molecule has 0 bridgehead atoms. The molecule has 3 nitrogen and oxygen atoms in total. The molecule has 134 valence electrons. The van der Waals surface area contributed by atoms with Crippen LogP contribution in [0.15, 0.2) is 53.1 Å². The van der Waals surface area contributed by atoms with E-state index in [-0.39, 0.29) is 0 Å². The summed E-state index contributed by atoms with van der Waals surface area (Å²) >= 11 is 5.92. The SMILES string of the molecule is CCOC(=O)/C=C1/CC(/C=C/c2ccc(Cl)cc2)=C(C)C(C)(C)C1O. The van der Waals surface area contributed by atoms with Crippen molar-refractivity contribution in [3.8, 4) is 0 Å². The van der Waals surface area contributed by atoms with Crippen molar-refractivity contribution in [1.29, 1.82) is 0 Å². The second-order valence-electron chi connectivity index (χ2n) is 6.81. The number of hydrogen-bond acceptors (Lipinski definition) is 3. The van der Waals surface area contributed by atoms with Crippen molar-refractivity contribution in [3.05, 3.63) is 63.7 Å². The van der Waals surface area contributed by atoms with Gasteiger partial charge in [-0.25, -0.2) is 4.79 Å². The summed E-state index contributed by atoms with van der Waals surface area (Å²) in [5, 5.41) is 11.4. The molecule has 1 N–H and O–H groups in total. The van der Waals surface area contributed by atoms with E-state index in [1.807, 2.05) is 57.2 Å². The molecule has 0 aliphatic heterocycles. The summed E-state index contributed by atoms with van der Waals surface area (Å²) < 4.78 is 4.99. The molecule has 1 atom stereocenters. The highest BCUT2D eigenvalue weighted by atomic mass is 35.5. The van der Waals surface area contributed by atoms with Gasteiger partial charge in [0, 0.05) is 16.5 Å². The van der Waals surface area contributed by atoms with E-state index in [1.165, 1.54) is 6.08 Å². The summed E-state index contributed by atoms with van der Waals surface area (Å²) in [4.78, 5) is 11.8. The third kappa shape index (κ3) is 4.62. The lowest BCUT2D eigenvalue weighted by atomic mass is 9.68. The van der Waals surface area contributed by atoms with Crippen molar-refractivity contribution in [2.45, 2.75) is 40.2 Å². The van der Waals surface area contributed by atoms with Gasteiger partial charge in [-0.2, -0.15) is 0 Å². The molecule has 1 aliphatic carbocycles. The van der Waals surface area contributed by atoms with Crippen molar-refractivity contribution in [1.82, 2.24) is 0 Å². The Bertz CT molecular complexity index is 724. The van der Waals surface area contributed by atoms with E-state index in [1.54, 1.807) is 6.92 Å². The Labute approximate surface area is 154 Å². The van der Waals surface area contributed by atoms with Gasteiger partial charge < -0.3 is 9.84 Å². The molecule has 1 aromatic carbocycles. The highest BCUT2D eigenvalue weighted by Crippen LogP contribution is 2.43. The standard InChI is InChI=1S/C21H25ClO3/c1-5-25-19(23)13-17-12-16(14(2)21(3,4)20(17)24)9-6-15-7-10-18(22)11-8-15/h6-11,13,20,24H,5,12H2,1-4H3/b9-6+,17-13-. The minimum absolute atomic E-state index is 0.320. The Hall–Kier alpha value is -1.84. The average molecular weight is 361 g/mol. The fourth-order valence-corrected chi connectivity index (χ4v) is 3.08. The molecule has 0 spiro atoms. The first-order valence-electron chi connectivity index (χ1n) is 8.45. The molecule has 0 amide bonds. The maximum absolute atomic E-state index is 11.8. The number of ether oxygens (including phenoxy) is 1. The van der Waals surface area contributed by atoms with Crippen LogP contribution in [0.1, 0.15) is 39.7 Å². The van der Waals surface area contributed by atoms with E-state index in [2.05, 4.69) is 0 Å². The highest BCUT2D eigenvalue weighted by molar-refractivity contribution is 6.30. The lowest BCUT2D eigenvalue weighted by molar-refractivity contribution is -0.137. The molecule has 0 aromatic heterocycles. The lowest BCUT2D eigenvalue weighted by Crippen LogP contribution is -2.36. The van der Waals surface area contributed by atoms with Crippen LogP contribution >= 0.6 is 11.6 Å². The molecule has 1 aliphatic rings. The summed E-state index contributed by atoms with van der Waals surface area (Å²) in [5.41, 5.74) is 3.50. The zero-order chi connectivity index (χ0) is 18.6. The van der Waals surface area contributed by atoms with Crippen molar-refractivity contribution in [2.24, 2.45) is 5.41 Å². The van der Waals surface area contributed by atoms with Crippen LogP contribution in [0.2, 0.25) is 5.02 Å². The van der Waals surface area contributed by atoms with Crippen LogP contribution in [0.25, 0.3) is 6.08 Å². The van der Waals surface area contributed by atoms with Crippen LogP contribution in [-0.4, -0.2) is 23.8 Å². The maximum Gasteiger partial charge on any atom is 0.330 e. The smallest absolute Gasteiger partial charge is 0.330 e. The van der Waals surface area contributed by atoms with Gasteiger partial charge in [0.2, 0.25) is 0 Å². The van der Waals surface area contributed by atoms with E-state index >= 15 is 0 Å². The van der Waals surface area contributed by atoms with E-state index in [4.69, 9.17) is 16.3 Å². The molecule has 4 heteroatoms. The molecule has 2 rings (SSSR count). The van der Waals surface area contributed by atoms with Gasteiger partial charge in [0.1, 0.15) is 0 Å². The summed E-state index contributed by atoms with van der Waals surface area (Å²) in [5.74, 6) is -0.409. The fourth-order valence-electron chi connectivity index (χ4n) is 2.95. The molecular weight excluding hydrogens is 336 g/mol. The lowest BCUT2D eigenvalue weighted by Gasteiger charge is -2.39. The molecule has 1 unspecified atom stereocenters. The van der Waals surface area contributed by atoms with Gasteiger partial charge in [0.05, 0.1) is 12.7 Å². The molecular formula is C21H25ClO3. The number of carbonyl (C=O) groups is 1. The van der Waals surface area contributed by atoms with E-state index in [9.17, 15) is 9.90 Å². The number of aliphatic hydroxyl groups is 1. The Morgan fingerprint density at radius 1 is 1.32 bits per heavy atom. The fraction of sp³-hybridized carbons (Fsp3) is 0.381. The van der Waals surface area contributed by atoms with E-state index < -0.39 is 17.5 Å². The first-order chi connectivity index (χ1) is 11.8. The van der Waals surface area contributed by atoms with E-state index in [0.717, 1.165) is 16.7 Å². The van der Waals surface area contributed by atoms with Gasteiger partial charge >= 0.3 is 5.97 Å². The molecule has 0 heterocycles. The predicted molar refractivity (Wildman–Crippen MR) is 102 cm³/mol. The Morgan fingerprint density at radius 3 is 2.56 bits per heavy atom. The monoisotopic (exact) mass is 360 g/mol. The number of halogens is 1. The summed E-state index contributed by atoms with van der Waals surface area (Å²) in [6.07, 6.45) is 5.32. The summed E-state index contributed by atoms with van der Waals surface area (Å²) in [6.45, 7) is 8.09. The van der Waals surface area contributed by atoms with Gasteiger partial charge in [0.15, 0.2) is 0 Å². The number of hydrogen-bond donors (Lipinski definition) is 1. The summed E-state index contributed by atoms with van der Waals surface area (Å²) in [7, 11) is 0. The average Bonchev–Trinajstić information content (AvgIpc) is 2.56. The minimum atomic E-state index is -0.704. The molecule has 0 fully saturated rings. The molecule has 0 saturated heterocycles. The molecule has 0 saturated carbocycles. The third-order valence-electron chi connectivity index (χ3n) is 4.81. The summed E-state index contributed by atoms with van der Waals surface area (Å²) in [6, 6.07) is 7.60. The second-order valence-corrected chi connectivity index (χ2v) is 7.24. The van der Waals surface area contributed by atoms with Crippen molar-refractivity contribution in [3.63, 3.8) is 0 Å². The van der Waals surface area contributed by atoms with Crippen LogP contribution in [0, 0.1) is 5.41 Å². The van der Waals surface area contributed by atoms with Crippen molar-refractivity contribution in [2.75, 3.05) is 6.61 Å². The van der Waals surface area contributed by atoms with Crippen molar-refractivity contribution < 1.29 is 14.6 Å².